The lowest BCUT2D eigenvalue weighted by atomic mass is 10.2. The van der Waals surface area contributed by atoms with Crippen molar-refractivity contribution < 1.29 is 4.58 Å². The predicted octanol–water partition coefficient (Wildman–Crippen LogP) is -0.165. The van der Waals surface area contributed by atoms with E-state index in [4.69, 9.17) is 0 Å². The number of nitrogens with one attached hydrogen (secondary N) is 1. The summed E-state index contributed by atoms with van der Waals surface area (Å²) < 4.78 is 2.17. The van der Waals surface area contributed by atoms with Crippen LogP contribution >= 0.6 is 0 Å². The monoisotopic (exact) mass is 125 g/mol. The van der Waals surface area contributed by atoms with Gasteiger partial charge in [-0.1, -0.05) is 0 Å². The van der Waals surface area contributed by atoms with Crippen molar-refractivity contribution in [3.05, 3.63) is 0 Å². The maximum Gasteiger partial charge on any atom is 0.160 e. The summed E-state index contributed by atoms with van der Waals surface area (Å²) in [6, 6.07) is 0. The van der Waals surface area contributed by atoms with E-state index >= 15 is 0 Å². The van der Waals surface area contributed by atoms with E-state index in [0.29, 0.717) is 5.54 Å². The largest absolute Gasteiger partial charge is 0.300 e. The Balaban J connectivity index is 2.04. The van der Waals surface area contributed by atoms with Crippen molar-refractivity contribution >= 4 is 6.72 Å². The van der Waals surface area contributed by atoms with Gasteiger partial charge in [0, 0.05) is 0 Å². The second-order valence-corrected chi connectivity index (χ2v) is 3.26. The maximum absolute atomic E-state index is 3.93. The topological polar surface area (TPSA) is 15.0 Å². The number of hydrogen-bond acceptors (Lipinski definition) is 1. The lowest BCUT2D eigenvalue weighted by molar-refractivity contribution is -0.532. The molecule has 1 saturated carbocycles. The number of hydrogen-bond donors (Lipinski definition) is 1. The first kappa shape index (κ1) is 5.42. The van der Waals surface area contributed by atoms with Gasteiger partial charge in [-0.2, -0.15) is 0 Å². The molecule has 0 aromatic heterocycles. The van der Waals surface area contributed by atoms with Crippen molar-refractivity contribution in [3.63, 3.8) is 0 Å². The summed E-state index contributed by atoms with van der Waals surface area (Å²) in [4.78, 5) is 0. The summed E-state index contributed by atoms with van der Waals surface area (Å²) in [5.74, 6) is 0. The van der Waals surface area contributed by atoms with Crippen LogP contribution in [0.4, 0.5) is 0 Å². The number of rotatable bonds is 0. The highest BCUT2D eigenvalue weighted by Crippen LogP contribution is 2.36. The first-order chi connectivity index (χ1) is 4.31. The van der Waals surface area contributed by atoms with Crippen LogP contribution < -0.4 is 5.32 Å². The minimum Gasteiger partial charge on any atom is -0.300 e. The summed E-state index contributed by atoms with van der Waals surface area (Å²) in [6.07, 6.45) is 2.72. The molecule has 1 heterocycles. The van der Waals surface area contributed by atoms with Crippen LogP contribution in [0.15, 0.2) is 0 Å². The summed E-state index contributed by atoms with van der Waals surface area (Å²) in [7, 11) is 0. The van der Waals surface area contributed by atoms with Crippen molar-refractivity contribution in [2.75, 3.05) is 19.6 Å². The van der Waals surface area contributed by atoms with Gasteiger partial charge in [0.05, 0.1) is 12.1 Å². The average molecular weight is 125 g/mol. The fourth-order valence-corrected chi connectivity index (χ4v) is 1.53. The first-order valence-corrected chi connectivity index (χ1v) is 3.61. The Hall–Kier alpha value is -0.370. The van der Waals surface area contributed by atoms with Gasteiger partial charge in [0.1, 0.15) is 6.72 Å². The lowest BCUT2D eigenvalue weighted by Crippen LogP contribution is -2.48. The van der Waals surface area contributed by atoms with Crippen molar-refractivity contribution in [3.8, 4) is 0 Å². The Morgan fingerprint density at radius 2 is 2.22 bits per heavy atom. The minimum absolute atomic E-state index is 0.514. The van der Waals surface area contributed by atoms with Crippen LogP contribution in [0.2, 0.25) is 0 Å². The van der Waals surface area contributed by atoms with Gasteiger partial charge in [0.25, 0.3) is 0 Å². The summed E-state index contributed by atoms with van der Waals surface area (Å²) in [6.45, 7) is 7.33. The molecule has 2 fully saturated rings. The van der Waals surface area contributed by atoms with Gasteiger partial charge < -0.3 is 0 Å². The molecule has 0 bridgehead atoms. The van der Waals surface area contributed by atoms with E-state index in [9.17, 15) is 0 Å². The molecule has 0 radical (unpaired) electrons. The Bertz CT molecular complexity index is 147. The third kappa shape index (κ3) is 0.874. The lowest BCUT2D eigenvalue weighted by Gasteiger charge is -2.19. The molecule has 1 spiro atoms. The second kappa shape index (κ2) is 1.57. The number of piperazine rings is 1. The Kier molecular flexibility index (Phi) is 0.943. The van der Waals surface area contributed by atoms with Gasteiger partial charge in [-0.25, -0.2) is 4.58 Å². The van der Waals surface area contributed by atoms with Gasteiger partial charge in [-0.05, 0) is 12.8 Å². The average Bonchev–Trinajstić information content (AvgIpc) is 2.49. The van der Waals surface area contributed by atoms with Crippen LogP contribution in [-0.4, -0.2) is 36.5 Å². The highest BCUT2D eigenvalue weighted by atomic mass is 15.2. The fourth-order valence-electron chi connectivity index (χ4n) is 1.53. The van der Waals surface area contributed by atoms with Crippen LogP contribution in [0, 0.1) is 0 Å². The molecule has 1 saturated heterocycles. The molecule has 0 aromatic rings. The van der Waals surface area contributed by atoms with Gasteiger partial charge in [0.15, 0.2) is 13.1 Å². The van der Waals surface area contributed by atoms with E-state index in [0.717, 1.165) is 19.6 Å². The zero-order valence-electron chi connectivity index (χ0n) is 5.69. The predicted molar refractivity (Wildman–Crippen MR) is 37.1 cm³/mol. The fraction of sp³-hybridized carbons (Fsp3) is 0.857. The smallest absolute Gasteiger partial charge is 0.160 e. The molecule has 1 aliphatic heterocycles. The molecule has 0 unspecified atom stereocenters. The Morgan fingerprint density at radius 3 is 2.67 bits per heavy atom. The third-order valence-corrected chi connectivity index (χ3v) is 2.31. The second-order valence-electron chi connectivity index (χ2n) is 3.26. The molecule has 2 nitrogen and oxygen atoms in total. The van der Waals surface area contributed by atoms with Crippen LogP contribution in [0.25, 0.3) is 0 Å². The minimum atomic E-state index is 0.514. The molecule has 0 atom stereocenters. The first-order valence-electron chi connectivity index (χ1n) is 3.61. The summed E-state index contributed by atoms with van der Waals surface area (Å²) in [5.41, 5.74) is 0.514. The molecule has 0 aromatic carbocycles. The molecule has 0 amide bonds. The van der Waals surface area contributed by atoms with Crippen LogP contribution in [-0.2, 0) is 0 Å². The third-order valence-electron chi connectivity index (χ3n) is 2.31. The van der Waals surface area contributed by atoms with E-state index in [-0.39, 0.29) is 0 Å². The standard InChI is InChI=1S/C7H13N2/c1-9-5-4-8-7(6-9)2-3-7/h8H,1-6H2/q+1. The van der Waals surface area contributed by atoms with E-state index < -0.39 is 0 Å². The molecule has 9 heavy (non-hydrogen) atoms. The van der Waals surface area contributed by atoms with Gasteiger partial charge in [-0.3, -0.25) is 5.32 Å². The van der Waals surface area contributed by atoms with Crippen molar-refractivity contribution in [1.29, 1.82) is 0 Å². The SMILES string of the molecule is C=[N+]1CCNC2(CC2)C1. The highest BCUT2D eigenvalue weighted by molar-refractivity contribution is 5.16. The molecule has 1 N–H and O–H groups in total. The molecule has 50 valence electrons. The van der Waals surface area contributed by atoms with Crippen molar-refractivity contribution in [1.82, 2.24) is 5.32 Å². The summed E-state index contributed by atoms with van der Waals surface area (Å²) >= 11 is 0. The van der Waals surface area contributed by atoms with Crippen molar-refractivity contribution in [2.45, 2.75) is 18.4 Å². The molecular weight excluding hydrogens is 112 g/mol. The normalized spacial score (nSPS) is 30.9. The van der Waals surface area contributed by atoms with Gasteiger partial charge in [0.2, 0.25) is 0 Å². The molecule has 2 rings (SSSR count). The molecule has 1 aliphatic carbocycles. The van der Waals surface area contributed by atoms with Crippen LogP contribution in [0.1, 0.15) is 12.8 Å². The van der Waals surface area contributed by atoms with E-state index in [2.05, 4.69) is 16.6 Å². The van der Waals surface area contributed by atoms with Crippen LogP contribution in [0.5, 0.6) is 0 Å². The highest BCUT2D eigenvalue weighted by Gasteiger charge is 2.47. The quantitative estimate of drug-likeness (QED) is 0.444. The summed E-state index contributed by atoms with van der Waals surface area (Å²) in [5, 5.41) is 3.52. The van der Waals surface area contributed by atoms with E-state index in [1.165, 1.54) is 12.8 Å². The Morgan fingerprint density at radius 1 is 1.44 bits per heavy atom. The van der Waals surface area contributed by atoms with E-state index in [1.54, 1.807) is 0 Å². The molecule has 2 aliphatic rings. The van der Waals surface area contributed by atoms with Gasteiger partial charge in [-0.15, -0.1) is 0 Å². The zero-order valence-corrected chi connectivity index (χ0v) is 5.69. The molecular formula is C7H13N2+. The van der Waals surface area contributed by atoms with Crippen molar-refractivity contribution in [2.24, 2.45) is 0 Å². The van der Waals surface area contributed by atoms with Gasteiger partial charge >= 0.3 is 0 Å². The molecule has 2 heteroatoms. The number of nitrogens with zero attached hydrogens (tertiary/aromatic N) is 1. The zero-order chi connectivity index (χ0) is 6.32. The Labute approximate surface area is 55.6 Å². The van der Waals surface area contributed by atoms with Crippen LogP contribution in [0.3, 0.4) is 0 Å². The van der Waals surface area contributed by atoms with E-state index in [1.807, 2.05) is 0 Å². The maximum atomic E-state index is 3.93.